The van der Waals surface area contributed by atoms with E-state index in [0.717, 1.165) is 12.1 Å². The van der Waals surface area contributed by atoms with Crippen molar-refractivity contribution in [1.82, 2.24) is 0 Å². The highest BCUT2D eigenvalue weighted by Gasteiger charge is 2.10. The minimum atomic E-state index is -0.824. The lowest BCUT2D eigenvalue weighted by Crippen LogP contribution is -1.87. The topological polar surface area (TPSA) is 20.2 Å². The Morgan fingerprint density at radius 1 is 0.867 bits per heavy atom. The summed E-state index contributed by atoms with van der Waals surface area (Å²) in [5.41, 5.74) is 0.722. The monoisotopic (exact) mass is 206 g/mol. The van der Waals surface area contributed by atoms with Crippen molar-refractivity contribution >= 4 is 0 Å². The van der Waals surface area contributed by atoms with E-state index in [1.807, 2.05) is 0 Å². The average molecular weight is 206 g/mol. The number of phenolic OH excluding ortho intramolecular Hbond substituents is 1. The zero-order valence-corrected chi connectivity index (χ0v) is 7.74. The number of phenols is 1. The van der Waals surface area contributed by atoms with Crippen LogP contribution in [0, 0.1) is 11.6 Å². The Hall–Kier alpha value is -1.90. The van der Waals surface area contributed by atoms with Gasteiger partial charge in [0.05, 0.1) is 0 Å². The molecule has 0 aliphatic carbocycles. The van der Waals surface area contributed by atoms with Crippen LogP contribution in [-0.4, -0.2) is 5.11 Å². The summed E-state index contributed by atoms with van der Waals surface area (Å²) in [6.07, 6.45) is 0. The van der Waals surface area contributed by atoms with Gasteiger partial charge in [-0.2, -0.15) is 0 Å². The maximum atomic E-state index is 13.4. The van der Waals surface area contributed by atoms with Crippen LogP contribution >= 0.6 is 0 Å². The van der Waals surface area contributed by atoms with Gasteiger partial charge >= 0.3 is 0 Å². The molecule has 2 aromatic rings. The molecule has 0 unspecified atom stereocenters. The molecule has 2 rings (SSSR count). The molecule has 1 nitrogen and oxygen atoms in total. The van der Waals surface area contributed by atoms with E-state index in [9.17, 15) is 8.78 Å². The summed E-state index contributed by atoms with van der Waals surface area (Å²) in [5.74, 6) is -2.14. The Kier molecular flexibility index (Phi) is 2.37. The Morgan fingerprint density at radius 2 is 1.53 bits per heavy atom. The molecule has 0 fully saturated rings. The zero-order valence-electron chi connectivity index (χ0n) is 7.74. The molecule has 76 valence electrons. The molecule has 0 heterocycles. The van der Waals surface area contributed by atoms with Gasteiger partial charge in [-0.1, -0.05) is 30.3 Å². The summed E-state index contributed by atoms with van der Waals surface area (Å²) in [6, 6.07) is 10.4. The average Bonchev–Trinajstić information content (AvgIpc) is 2.25. The third-order valence-electron chi connectivity index (χ3n) is 2.12. The van der Waals surface area contributed by atoms with Gasteiger partial charge in [-0.15, -0.1) is 0 Å². The van der Waals surface area contributed by atoms with Gasteiger partial charge in [-0.25, -0.2) is 8.78 Å². The highest BCUT2D eigenvalue weighted by atomic mass is 19.1. The first kappa shape index (κ1) is 9.65. The van der Waals surface area contributed by atoms with Crippen molar-refractivity contribution in [2.24, 2.45) is 0 Å². The maximum Gasteiger partial charge on any atom is 0.165 e. The first-order chi connectivity index (χ1) is 7.18. The molecule has 15 heavy (non-hydrogen) atoms. The first-order valence-corrected chi connectivity index (χ1v) is 4.42. The van der Waals surface area contributed by atoms with Crippen LogP contribution in [0.2, 0.25) is 0 Å². The van der Waals surface area contributed by atoms with E-state index in [2.05, 4.69) is 0 Å². The molecule has 2 aromatic carbocycles. The van der Waals surface area contributed by atoms with Crippen molar-refractivity contribution in [3.05, 3.63) is 54.1 Å². The van der Waals surface area contributed by atoms with E-state index in [-0.39, 0.29) is 5.56 Å². The number of hydrogen-bond acceptors (Lipinski definition) is 1. The van der Waals surface area contributed by atoms with E-state index in [1.165, 1.54) is 0 Å². The predicted octanol–water partition coefficient (Wildman–Crippen LogP) is 3.34. The molecule has 0 aliphatic rings. The molecule has 0 aliphatic heterocycles. The quantitative estimate of drug-likeness (QED) is 0.758. The molecule has 0 saturated heterocycles. The Labute approximate surface area is 85.6 Å². The molecule has 0 spiro atoms. The fourth-order valence-electron chi connectivity index (χ4n) is 1.38. The normalized spacial score (nSPS) is 10.3. The molecule has 0 atom stereocenters. The van der Waals surface area contributed by atoms with E-state index in [1.54, 1.807) is 30.3 Å². The van der Waals surface area contributed by atoms with Gasteiger partial charge < -0.3 is 5.11 Å². The van der Waals surface area contributed by atoms with E-state index in [4.69, 9.17) is 5.11 Å². The number of rotatable bonds is 1. The fraction of sp³-hybridized carbons (Fsp3) is 0. The van der Waals surface area contributed by atoms with Gasteiger partial charge in [0.15, 0.2) is 11.6 Å². The van der Waals surface area contributed by atoms with E-state index >= 15 is 0 Å². The second-order valence-electron chi connectivity index (χ2n) is 3.15. The lowest BCUT2D eigenvalue weighted by Gasteiger charge is -2.04. The summed E-state index contributed by atoms with van der Waals surface area (Å²) in [6.45, 7) is 0. The molecule has 0 bridgehead atoms. The summed E-state index contributed by atoms with van der Waals surface area (Å²) in [4.78, 5) is 0. The van der Waals surface area contributed by atoms with Crippen molar-refractivity contribution in [3.8, 4) is 16.9 Å². The van der Waals surface area contributed by atoms with Crippen LogP contribution in [0.1, 0.15) is 0 Å². The van der Waals surface area contributed by atoms with Crippen LogP contribution in [0.5, 0.6) is 5.75 Å². The van der Waals surface area contributed by atoms with E-state index in [0.29, 0.717) is 5.56 Å². The van der Waals surface area contributed by atoms with Gasteiger partial charge in [0.2, 0.25) is 0 Å². The maximum absolute atomic E-state index is 13.4. The highest BCUT2D eigenvalue weighted by Crippen LogP contribution is 2.27. The lowest BCUT2D eigenvalue weighted by atomic mass is 10.0. The van der Waals surface area contributed by atoms with Crippen LogP contribution in [0.4, 0.5) is 8.78 Å². The fourth-order valence-corrected chi connectivity index (χ4v) is 1.38. The number of benzene rings is 2. The predicted molar refractivity (Wildman–Crippen MR) is 53.5 cm³/mol. The summed E-state index contributed by atoms with van der Waals surface area (Å²) < 4.78 is 26.4. The van der Waals surface area contributed by atoms with Gasteiger partial charge in [0, 0.05) is 11.6 Å². The van der Waals surface area contributed by atoms with Crippen molar-refractivity contribution < 1.29 is 13.9 Å². The van der Waals surface area contributed by atoms with Crippen molar-refractivity contribution in [2.75, 3.05) is 0 Å². The smallest absolute Gasteiger partial charge is 0.165 e. The molecule has 3 heteroatoms. The standard InChI is InChI=1S/C12H8F2O/c13-10-7-12(15)11(14)6-9(10)8-4-2-1-3-5-8/h1-7,15H. The summed E-state index contributed by atoms with van der Waals surface area (Å²) in [5, 5.41) is 8.96. The van der Waals surface area contributed by atoms with Gasteiger partial charge in [-0.05, 0) is 11.6 Å². The molecule has 0 aromatic heterocycles. The SMILES string of the molecule is Oc1cc(F)c(-c2ccccc2)cc1F. The Bertz CT molecular complexity index is 480. The molecule has 0 amide bonds. The van der Waals surface area contributed by atoms with Crippen molar-refractivity contribution in [2.45, 2.75) is 0 Å². The number of halogens is 2. The second-order valence-corrected chi connectivity index (χ2v) is 3.15. The molecule has 1 N–H and O–H groups in total. The van der Waals surface area contributed by atoms with Gasteiger partial charge in [-0.3, -0.25) is 0 Å². The summed E-state index contributed by atoms with van der Waals surface area (Å²) >= 11 is 0. The van der Waals surface area contributed by atoms with Gasteiger partial charge in [0.25, 0.3) is 0 Å². The summed E-state index contributed by atoms with van der Waals surface area (Å²) in [7, 11) is 0. The van der Waals surface area contributed by atoms with Crippen LogP contribution in [-0.2, 0) is 0 Å². The highest BCUT2D eigenvalue weighted by molar-refractivity contribution is 5.64. The van der Waals surface area contributed by atoms with Crippen molar-refractivity contribution in [1.29, 1.82) is 0 Å². The molecule has 0 radical (unpaired) electrons. The first-order valence-electron chi connectivity index (χ1n) is 4.42. The minimum Gasteiger partial charge on any atom is -0.505 e. The van der Waals surface area contributed by atoms with Gasteiger partial charge in [0.1, 0.15) is 5.82 Å². The Balaban J connectivity index is 2.59. The third-order valence-corrected chi connectivity index (χ3v) is 2.12. The minimum absolute atomic E-state index is 0.144. The van der Waals surface area contributed by atoms with E-state index < -0.39 is 17.4 Å². The number of aromatic hydroxyl groups is 1. The molecular weight excluding hydrogens is 198 g/mol. The largest absolute Gasteiger partial charge is 0.505 e. The van der Waals surface area contributed by atoms with Crippen LogP contribution in [0.25, 0.3) is 11.1 Å². The second kappa shape index (κ2) is 3.69. The van der Waals surface area contributed by atoms with Crippen LogP contribution in [0.15, 0.2) is 42.5 Å². The van der Waals surface area contributed by atoms with Crippen molar-refractivity contribution in [3.63, 3.8) is 0 Å². The van der Waals surface area contributed by atoms with Crippen LogP contribution < -0.4 is 0 Å². The van der Waals surface area contributed by atoms with Crippen LogP contribution in [0.3, 0.4) is 0 Å². The molecule has 0 saturated carbocycles. The zero-order chi connectivity index (χ0) is 10.8. The Morgan fingerprint density at radius 3 is 2.20 bits per heavy atom. The number of hydrogen-bond donors (Lipinski definition) is 1. The molecular formula is C12H8F2O. The third kappa shape index (κ3) is 1.81. The lowest BCUT2D eigenvalue weighted by molar-refractivity contribution is 0.427.